The number of para-hydroxylation sites is 2. The third kappa shape index (κ3) is 2.26. The molecule has 0 bridgehead atoms. The summed E-state index contributed by atoms with van der Waals surface area (Å²) in [5, 5.41) is 2.20. The molecule has 1 atom stereocenters. The predicted molar refractivity (Wildman–Crippen MR) is 110 cm³/mol. The number of fused-ring (bicyclic) bond motifs is 4. The van der Waals surface area contributed by atoms with Gasteiger partial charge in [-0.1, -0.05) is 44.2 Å². The molecular formula is C21H19BN4O. The van der Waals surface area contributed by atoms with Crippen molar-refractivity contribution in [2.75, 3.05) is 9.80 Å². The van der Waals surface area contributed by atoms with Crippen molar-refractivity contribution in [1.82, 2.24) is 9.97 Å². The van der Waals surface area contributed by atoms with Crippen molar-refractivity contribution in [3.8, 4) is 0 Å². The highest BCUT2D eigenvalue weighted by atomic mass is 16.3. The second-order valence-corrected chi connectivity index (χ2v) is 7.48. The molecule has 132 valence electrons. The van der Waals surface area contributed by atoms with Gasteiger partial charge in [0.15, 0.2) is 17.2 Å². The topological polar surface area (TPSA) is 45.4 Å². The van der Waals surface area contributed by atoms with Crippen molar-refractivity contribution in [3.05, 3.63) is 54.9 Å². The van der Waals surface area contributed by atoms with Gasteiger partial charge in [-0.15, -0.1) is 0 Å². The summed E-state index contributed by atoms with van der Waals surface area (Å²) in [6.45, 7) is 6.07. The minimum atomic E-state index is -0.583. The molecule has 5 nitrogen and oxygen atoms in total. The molecule has 0 fully saturated rings. The van der Waals surface area contributed by atoms with Crippen LogP contribution in [0, 0.1) is 0 Å². The first kappa shape index (κ1) is 16.2. The third-order valence-corrected chi connectivity index (χ3v) is 5.13. The molecule has 2 radical (unpaired) electrons. The number of nitrogens with zero attached hydrogens (tertiary/aromatic N) is 4. The molecule has 0 saturated carbocycles. The summed E-state index contributed by atoms with van der Waals surface area (Å²) in [5.74, 6) is 1.57. The fraction of sp³-hybridized carbons (Fsp3) is 0.238. The van der Waals surface area contributed by atoms with E-state index in [1.54, 1.807) is 12.4 Å². The van der Waals surface area contributed by atoms with Crippen LogP contribution < -0.4 is 9.80 Å². The number of rotatable bonds is 2. The molecule has 3 heterocycles. The molecular weight excluding hydrogens is 335 g/mol. The minimum absolute atomic E-state index is 0.0544. The zero-order chi connectivity index (χ0) is 18.8. The maximum absolute atomic E-state index is 6.47. The van der Waals surface area contributed by atoms with Crippen molar-refractivity contribution < 1.29 is 4.42 Å². The van der Waals surface area contributed by atoms with E-state index in [1.165, 1.54) is 0 Å². The van der Waals surface area contributed by atoms with E-state index in [0.717, 1.165) is 39.3 Å². The number of furan rings is 1. The molecule has 27 heavy (non-hydrogen) atoms. The van der Waals surface area contributed by atoms with Crippen LogP contribution in [0.3, 0.4) is 0 Å². The lowest BCUT2D eigenvalue weighted by Crippen LogP contribution is -2.51. The zero-order valence-electron chi connectivity index (χ0n) is 15.5. The van der Waals surface area contributed by atoms with E-state index < -0.39 is 5.44 Å². The summed E-state index contributed by atoms with van der Waals surface area (Å²) in [6, 6.07) is 14.3. The summed E-state index contributed by atoms with van der Waals surface area (Å²) < 4.78 is 6.24. The highest BCUT2D eigenvalue weighted by Crippen LogP contribution is 2.46. The fourth-order valence-corrected chi connectivity index (χ4v) is 4.12. The molecule has 0 spiro atoms. The van der Waals surface area contributed by atoms with E-state index in [2.05, 4.69) is 51.0 Å². The number of hydrogen-bond acceptors (Lipinski definition) is 5. The Morgan fingerprint density at radius 3 is 2.44 bits per heavy atom. The van der Waals surface area contributed by atoms with Crippen LogP contribution >= 0.6 is 0 Å². The van der Waals surface area contributed by atoms with Gasteiger partial charge in [0.2, 0.25) is 0 Å². The SMILES string of the molecule is [B]C(C)(C)N1c2nccnc2N(c2cccc3c2oc2ccccc23)C1C. The van der Waals surface area contributed by atoms with Crippen molar-refractivity contribution in [2.45, 2.75) is 32.4 Å². The molecule has 0 N–H and O–H groups in total. The molecule has 2 aromatic carbocycles. The lowest BCUT2D eigenvalue weighted by Gasteiger charge is -2.39. The van der Waals surface area contributed by atoms with E-state index in [4.69, 9.17) is 12.3 Å². The second kappa shape index (κ2) is 5.49. The van der Waals surface area contributed by atoms with Gasteiger partial charge in [0, 0.05) is 23.2 Å². The van der Waals surface area contributed by atoms with Crippen LogP contribution in [-0.4, -0.2) is 29.4 Å². The smallest absolute Gasteiger partial charge is 0.178 e. The highest BCUT2D eigenvalue weighted by molar-refractivity contribution is 6.17. The Morgan fingerprint density at radius 1 is 0.963 bits per heavy atom. The molecule has 1 unspecified atom stereocenters. The molecule has 0 amide bonds. The van der Waals surface area contributed by atoms with Crippen LogP contribution in [0.15, 0.2) is 59.3 Å². The Kier molecular flexibility index (Phi) is 3.29. The van der Waals surface area contributed by atoms with Crippen LogP contribution in [0.4, 0.5) is 17.3 Å². The van der Waals surface area contributed by atoms with E-state index in [9.17, 15) is 0 Å². The molecule has 5 rings (SSSR count). The van der Waals surface area contributed by atoms with Crippen molar-refractivity contribution in [1.29, 1.82) is 0 Å². The maximum Gasteiger partial charge on any atom is 0.178 e. The van der Waals surface area contributed by atoms with Gasteiger partial charge >= 0.3 is 0 Å². The predicted octanol–water partition coefficient (Wildman–Crippen LogP) is 4.58. The molecule has 1 aliphatic rings. The van der Waals surface area contributed by atoms with E-state index in [1.807, 2.05) is 32.0 Å². The lowest BCUT2D eigenvalue weighted by atomic mass is 9.80. The quantitative estimate of drug-likeness (QED) is 0.493. The van der Waals surface area contributed by atoms with Crippen LogP contribution in [-0.2, 0) is 0 Å². The summed E-state index contributed by atoms with van der Waals surface area (Å²) >= 11 is 0. The number of aromatic nitrogens is 2. The molecule has 6 heteroatoms. The highest BCUT2D eigenvalue weighted by Gasteiger charge is 2.42. The monoisotopic (exact) mass is 354 g/mol. The first-order valence-electron chi connectivity index (χ1n) is 9.05. The second-order valence-electron chi connectivity index (χ2n) is 7.48. The summed E-state index contributed by atoms with van der Waals surface area (Å²) in [5.41, 5.74) is 2.10. The fourth-order valence-electron chi connectivity index (χ4n) is 4.12. The average molecular weight is 354 g/mol. The Hall–Kier alpha value is -3.02. The first-order chi connectivity index (χ1) is 13.0. The van der Waals surface area contributed by atoms with Crippen LogP contribution in [0.2, 0.25) is 0 Å². The van der Waals surface area contributed by atoms with Crippen molar-refractivity contribution in [3.63, 3.8) is 0 Å². The minimum Gasteiger partial charge on any atom is -0.454 e. The third-order valence-electron chi connectivity index (χ3n) is 5.13. The standard InChI is InChI=1S/C21H19BN4O/c1-13-25(19-20(24-12-11-23-19)26(13)21(2,3)22)16-9-6-8-15-14-7-4-5-10-17(14)27-18(15)16/h4-13H,1-3H3. The van der Waals surface area contributed by atoms with Gasteiger partial charge in [0.25, 0.3) is 0 Å². The number of anilines is 3. The average Bonchev–Trinajstić information content (AvgIpc) is 3.16. The van der Waals surface area contributed by atoms with Gasteiger partial charge in [0.05, 0.1) is 5.69 Å². The van der Waals surface area contributed by atoms with Gasteiger partial charge in [-0.3, -0.25) is 4.90 Å². The van der Waals surface area contributed by atoms with Crippen molar-refractivity contribution >= 4 is 47.1 Å². The zero-order valence-corrected chi connectivity index (χ0v) is 15.5. The van der Waals surface area contributed by atoms with Crippen LogP contribution in [0.1, 0.15) is 20.8 Å². The van der Waals surface area contributed by atoms with Gasteiger partial charge in [0.1, 0.15) is 19.6 Å². The van der Waals surface area contributed by atoms with Crippen LogP contribution in [0.25, 0.3) is 21.9 Å². The van der Waals surface area contributed by atoms with E-state index in [-0.39, 0.29) is 6.17 Å². The molecule has 2 aromatic heterocycles. The normalized spacial score (nSPS) is 17.1. The number of benzene rings is 2. The number of hydrogen-bond donors (Lipinski definition) is 0. The maximum atomic E-state index is 6.47. The van der Waals surface area contributed by atoms with Gasteiger partial charge in [-0.2, -0.15) is 0 Å². The largest absolute Gasteiger partial charge is 0.454 e. The summed E-state index contributed by atoms with van der Waals surface area (Å²) in [6.07, 6.45) is 3.36. The van der Waals surface area contributed by atoms with E-state index in [0.29, 0.717) is 0 Å². The Balaban J connectivity index is 1.78. The Labute approximate surface area is 159 Å². The van der Waals surface area contributed by atoms with Gasteiger partial charge in [-0.05, 0) is 24.5 Å². The van der Waals surface area contributed by atoms with Gasteiger partial charge in [-0.25, -0.2) is 9.97 Å². The lowest BCUT2D eigenvalue weighted by molar-refractivity contribution is 0.555. The van der Waals surface area contributed by atoms with Gasteiger partial charge < -0.3 is 9.32 Å². The summed E-state index contributed by atoms with van der Waals surface area (Å²) in [4.78, 5) is 13.4. The Morgan fingerprint density at radius 2 is 1.67 bits per heavy atom. The Bertz CT molecular complexity index is 1160. The molecule has 0 aliphatic carbocycles. The first-order valence-corrected chi connectivity index (χ1v) is 9.05. The summed E-state index contributed by atoms with van der Waals surface area (Å²) in [7, 11) is 6.47. The van der Waals surface area contributed by atoms with E-state index >= 15 is 0 Å². The molecule has 1 aliphatic heterocycles. The molecule has 4 aromatic rings. The molecule has 0 saturated heterocycles. The van der Waals surface area contributed by atoms with Crippen molar-refractivity contribution in [2.24, 2.45) is 0 Å². The van der Waals surface area contributed by atoms with Crippen LogP contribution in [0.5, 0.6) is 0 Å².